The van der Waals surface area contributed by atoms with Gasteiger partial charge in [0.15, 0.2) is 0 Å². The van der Waals surface area contributed by atoms with Gasteiger partial charge in [0.2, 0.25) is 0 Å². The van der Waals surface area contributed by atoms with Crippen molar-refractivity contribution in [2.45, 2.75) is 33.1 Å². The van der Waals surface area contributed by atoms with E-state index in [0.717, 1.165) is 38.4 Å². The first-order valence-corrected chi connectivity index (χ1v) is 7.98. The van der Waals surface area contributed by atoms with Gasteiger partial charge in [-0.15, -0.1) is 0 Å². The molecule has 0 unspecified atom stereocenters. The molecular weight excluding hydrogens is 262 g/mol. The van der Waals surface area contributed by atoms with E-state index < -0.39 is 0 Å². The molecule has 2 amide bonds. The number of carbonyl (C=O) groups is 1. The summed E-state index contributed by atoms with van der Waals surface area (Å²) in [6, 6.07) is 8.16. The van der Waals surface area contributed by atoms with Crippen molar-refractivity contribution < 1.29 is 4.79 Å². The molecule has 1 aromatic carbocycles. The molecule has 1 N–H and O–H groups in total. The molecule has 1 fully saturated rings. The predicted molar refractivity (Wildman–Crippen MR) is 87.9 cm³/mol. The summed E-state index contributed by atoms with van der Waals surface area (Å²) in [4.78, 5) is 16.6. The molecule has 1 aliphatic heterocycles. The van der Waals surface area contributed by atoms with E-state index in [4.69, 9.17) is 0 Å². The third-order valence-corrected chi connectivity index (χ3v) is 4.03. The average molecular weight is 289 g/mol. The number of benzene rings is 1. The van der Waals surface area contributed by atoms with Crippen LogP contribution in [0.2, 0.25) is 0 Å². The number of anilines is 1. The Bertz CT molecular complexity index is 448. The molecule has 1 saturated heterocycles. The van der Waals surface area contributed by atoms with Gasteiger partial charge in [-0.25, -0.2) is 4.79 Å². The molecule has 0 spiro atoms. The number of hydrogen-bond acceptors (Lipinski definition) is 2. The van der Waals surface area contributed by atoms with Crippen LogP contribution in [0.4, 0.5) is 10.5 Å². The lowest BCUT2D eigenvalue weighted by Gasteiger charge is -2.34. The number of piperazine rings is 1. The zero-order chi connectivity index (χ0) is 15.2. The van der Waals surface area contributed by atoms with E-state index in [1.807, 2.05) is 17.0 Å². The average Bonchev–Trinajstić information content (AvgIpc) is 2.49. The minimum Gasteiger partial charge on any atom is -0.322 e. The van der Waals surface area contributed by atoms with E-state index in [9.17, 15) is 4.79 Å². The third kappa shape index (κ3) is 4.46. The summed E-state index contributed by atoms with van der Waals surface area (Å²) in [6.07, 6.45) is 1.17. The lowest BCUT2D eigenvalue weighted by molar-refractivity contribution is 0.147. The maximum Gasteiger partial charge on any atom is 0.321 e. The number of carbonyl (C=O) groups excluding carboxylic acids is 1. The minimum absolute atomic E-state index is 0.0171. The molecule has 21 heavy (non-hydrogen) atoms. The van der Waals surface area contributed by atoms with E-state index in [1.165, 1.54) is 12.0 Å². The van der Waals surface area contributed by atoms with Crippen molar-refractivity contribution in [3.05, 3.63) is 29.8 Å². The third-order valence-electron chi connectivity index (χ3n) is 4.03. The van der Waals surface area contributed by atoms with Crippen molar-refractivity contribution in [1.82, 2.24) is 9.80 Å². The van der Waals surface area contributed by atoms with Gasteiger partial charge >= 0.3 is 6.03 Å². The Balaban J connectivity index is 1.84. The van der Waals surface area contributed by atoms with Crippen LogP contribution >= 0.6 is 0 Å². The van der Waals surface area contributed by atoms with Crippen molar-refractivity contribution in [1.29, 1.82) is 0 Å². The van der Waals surface area contributed by atoms with Crippen LogP contribution in [0.3, 0.4) is 0 Å². The quantitative estimate of drug-likeness (QED) is 0.922. The topological polar surface area (TPSA) is 35.6 Å². The zero-order valence-electron chi connectivity index (χ0n) is 13.4. The van der Waals surface area contributed by atoms with Gasteiger partial charge in [0.05, 0.1) is 0 Å². The summed E-state index contributed by atoms with van der Waals surface area (Å²) in [5.41, 5.74) is 2.17. The number of amides is 2. The number of urea groups is 1. The predicted octanol–water partition coefficient (Wildman–Crippen LogP) is 3.37. The fourth-order valence-electron chi connectivity index (χ4n) is 2.64. The zero-order valence-corrected chi connectivity index (χ0v) is 13.4. The van der Waals surface area contributed by atoms with Gasteiger partial charge in [-0.3, -0.25) is 4.90 Å². The molecule has 4 heteroatoms. The van der Waals surface area contributed by atoms with Crippen LogP contribution in [0, 0.1) is 0 Å². The highest BCUT2D eigenvalue weighted by atomic mass is 16.2. The Morgan fingerprint density at radius 3 is 2.29 bits per heavy atom. The van der Waals surface area contributed by atoms with Gasteiger partial charge in [0, 0.05) is 31.9 Å². The van der Waals surface area contributed by atoms with Crippen LogP contribution < -0.4 is 5.32 Å². The SMILES string of the molecule is CCCN1CCN(C(=O)Nc2ccc(C(C)C)cc2)CC1. The van der Waals surface area contributed by atoms with Gasteiger partial charge < -0.3 is 10.2 Å². The molecule has 0 aromatic heterocycles. The van der Waals surface area contributed by atoms with E-state index in [1.54, 1.807) is 0 Å². The summed E-state index contributed by atoms with van der Waals surface area (Å²) < 4.78 is 0. The fraction of sp³-hybridized carbons (Fsp3) is 0.588. The van der Waals surface area contributed by atoms with E-state index in [2.05, 4.69) is 43.1 Å². The summed E-state index contributed by atoms with van der Waals surface area (Å²) in [5.74, 6) is 0.515. The van der Waals surface area contributed by atoms with Gasteiger partial charge in [-0.2, -0.15) is 0 Å². The minimum atomic E-state index is 0.0171. The van der Waals surface area contributed by atoms with E-state index >= 15 is 0 Å². The smallest absolute Gasteiger partial charge is 0.321 e. The molecule has 116 valence electrons. The second kappa shape index (κ2) is 7.46. The van der Waals surface area contributed by atoms with Crippen LogP contribution in [0.1, 0.15) is 38.7 Å². The Labute approximate surface area is 128 Å². The molecule has 0 aliphatic carbocycles. The van der Waals surface area contributed by atoms with Gasteiger partial charge in [-0.05, 0) is 36.6 Å². The first kappa shape index (κ1) is 15.8. The summed E-state index contributed by atoms with van der Waals surface area (Å²) in [6.45, 7) is 11.3. The molecule has 1 aliphatic rings. The molecule has 4 nitrogen and oxygen atoms in total. The van der Waals surface area contributed by atoms with Crippen molar-refractivity contribution in [3.8, 4) is 0 Å². The number of nitrogens with zero attached hydrogens (tertiary/aromatic N) is 2. The lowest BCUT2D eigenvalue weighted by atomic mass is 10.0. The molecule has 1 aromatic rings. The Morgan fingerprint density at radius 2 is 1.76 bits per heavy atom. The molecule has 0 atom stereocenters. The highest BCUT2D eigenvalue weighted by Crippen LogP contribution is 2.17. The summed E-state index contributed by atoms with van der Waals surface area (Å²) in [7, 11) is 0. The number of hydrogen-bond donors (Lipinski definition) is 1. The normalized spacial score (nSPS) is 16.3. The van der Waals surface area contributed by atoms with Crippen molar-refractivity contribution in [2.24, 2.45) is 0 Å². The second-order valence-corrected chi connectivity index (χ2v) is 6.04. The highest BCUT2D eigenvalue weighted by molar-refractivity contribution is 5.89. The molecular formula is C17H27N3O. The van der Waals surface area contributed by atoms with E-state index in [-0.39, 0.29) is 6.03 Å². The summed E-state index contributed by atoms with van der Waals surface area (Å²) >= 11 is 0. The maximum absolute atomic E-state index is 12.2. The molecule has 0 saturated carbocycles. The van der Waals surface area contributed by atoms with Crippen LogP contribution in [0.15, 0.2) is 24.3 Å². The van der Waals surface area contributed by atoms with Gasteiger partial charge in [0.1, 0.15) is 0 Å². The van der Waals surface area contributed by atoms with Crippen molar-refractivity contribution in [3.63, 3.8) is 0 Å². The van der Waals surface area contributed by atoms with Crippen molar-refractivity contribution >= 4 is 11.7 Å². The lowest BCUT2D eigenvalue weighted by Crippen LogP contribution is -2.50. The molecule has 0 bridgehead atoms. The van der Waals surface area contributed by atoms with Gasteiger partial charge in [0.25, 0.3) is 0 Å². The van der Waals surface area contributed by atoms with Crippen LogP contribution in [0.5, 0.6) is 0 Å². The van der Waals surface area contributed by atoms with Crippen molar-refractivity contribution in [2.75, 3.05) is 38.0 Å². The standard InChI is InChI=1S/C17H27N3O/c1-4-9-19-10-12-20(13-11-19)17(21)18-16-7-5-15(6-8-16)14(2)3/h5-8,14H,4,9-13H2,1-3H3,(H,18,21). The number of rotatable bonds is 4. The molecule has 1 heterocycles. The monoisotopic (exact) mass is 289 g/mol. The number of nitrogens with one attached hydrogen (secondary N) is 1. The Kier molecular flexibility index (Phi) is 5.62. The Morgan fingerprint density at radius 1 is 1.14 bits per heavy atom. The van der Waals surface area contributed by atoms with Crippen LogP contribution in [-0.2, 0) is 0 Å². The first-order valence-electron chi connectivity index (χ1n) is 7.98. The molecule has 2 rings (SSSR count). The second-order valence-electron chi connectivity index (χ2n) is 6.04. The van der Waals surface area contributed by atoms with E-state index in [0.29, 0.717) is 5.92 Å². The fourth-order valence-corrected chi connectivity index (χ4v) is 2.64. The van der Waals surface area contributed by atoms with Crippen LogP contribution in [-0.4, -0.2) is 48.6 Å². The maximum atomic E-state index is 12.2. The Hall–Kier alpha value is -1.55. The first-order chi connectivity index (χ1) is 10.1. The highest BCUT2D eigenvalue weighted by Gasteiger charge is 2.20. The molecule has 0 radical (unpaired) electrons. The summed E-state index contributed by atoms with van der Waals surface area (Å²) in [5, 5.41) is 2.99. The van der Waals surface area contributed by atoms with Gasteiger partial charge in [-0.1, -0.05) is 32.9 Å². The van der Waals surface area contributed by atoms with Crippen LogP contribution in [0.25, 0.3) is 0 Å². The largest absolute Gasteiger partial charge is 0.322 e.